The number of benzene rings is 1. The summed E-state index contributed by atoms with van der Waals surface area (Å²) >= 11 is 2.29. The van der Waals surface area contributed by atoms with Gasteiger partial charge in [-0.05, 0) is 80.5 Å². The molecule has 1 heterocycles. The Balaban J connectivity index is 1.90. The molecule has 116 valence electrons. The molecule has 2 rings (SSSR count). The molecule has 1 saturated heterocycles. The fourth-order valence-corrected chi connectivity index (χ4v) is 2.77. The van der Waals surface area contributed by atoms with Crippen LogP contribution in [-0.4, -0.2) is 35.7 Å². The normalized spacial score (nSPS) is 18.7. The molecular weight excluding hydrogens is 379 g/mol. The zero-order chi connectivity index (χ0) is 15.5. The molecule has 1 aliphatic heterocycles. The smallest absolute Gasteiger partial charge is 0.410 e. The number of amides is 1. The number of rotatable bonds is 3. The van der Waals surface area contributed by atoms with Crippen LogP contribution in [0.5, 0.6) is 0 Å². The number of ether oxygens (including phenoxy) is 1. The minimum Gasteiger partial charge on any atom is -0.444 e. The van der Waals surface area contributed by atoms with Crippen LogP contribution >= 0.6 is 22.6 Å². The maximum absolute atomic E-state index is 12.2. The Hall–Kier alpha value is -0.980. The van der Waals surface area contributed by atoms with Crippen LogP contribution in [-0.2, 0) is 4.74 Å². The van der Waals surface area contributed by atoms with Gasteiger partial charge in [0.2, 0.25) is 0 Å². The number of carbonyl (C=O) groups is 1. The van der Waals surface area contributed by atoms with Crippen molar-refractivity contribution in [1.29, 1.82) is 0 Å². The topological polar surface area (TPSA) is 41.6 Å². The van der Waals surface area contributed by atoms with Gasteiger partial charge in [0.25, 0.3) is 0 Å². The SMILES string of the molecule is CC(C)(C)OC(=O)N1CCCC1CNc1ccc(I)cc1. The summed E-state index contributed by atoms with van der Waals surface area (Å²) in [7, 11) is 0. The van der Waals surface area contributed by atoms with Gasteiger partial charge in [0.1, 0.15) is 5.60 Å². The molecule has 1 aromatic rings. The first-order valence-electron chi connectivity index (χ1n) is 7.34. The quantitative estimate of drug-likeness (QED) is 0.775. The molecule has 1 unspecified atom stereocenters. The van der Waals surface area contributed by atoms with Gasteiger partial charge >= 0.3 is 6.09 Å². The van der Waals surface area contributed by atoms with Gasteiger partial charge in [-0.15, -0.1) is 0 Å². The highest BCUT2D eigenvalue weighted by Crippen LogP contribution is 2.21. The van der Waals surface area contributed by atoms with Gasteiger partial charge in [-0.2, -0.15) is 0 Å². The van der Waals surface area contributed by atoms with Crippen molar-refractivity contribution in [2.45, 2.75) is 45.3 Å². The average Bonchev–Trinajstić information content (AvgIpc) is 2.84. The van der Waals surface area contributed by atoms with Gasteiger partial charge in [0, 0.05) is 22.3 Å². The number of hydrogen-bond acceptors (Lipinski definition) is 3. The summed E-state index contributed by atoms with van der Waals surface area (Å²) in [6, 6.07) is 8.48. The lowest BCUT2D eigenvalue weighted by Gasteiger charge is -2.28. The summed E-state index contributed by atoms with van der Waals surface area (Å²) in [5.41, 5.74) is 0.653. The van der Waals surface area contributed by atoms with Crippen molar-refractivity contribution in [2.75, 3.05) is 18.4 Å². The molecule has 1 aromatic carbocycles. The maximum Gasteiger partial charge on any atom is 0.410 e. The van der Waals surface area contributed by atoms with Gasteiger partial charge < -0.3 is 15.0 Å². The van der Waals surface area contributed by atoms with Crippen LogP contribution in [0.1, 0.15) is 33.6 Å². The monoisotopic (exact) mass is 402 g/mol. The molecule has 0 spiro atoms. The first-order valence-corrected chi connectivity index (χ1v) is 8.42. The number of hydrogen-bond donors (Lipinski definition) is 1. The second-order valence-electron chi connectivity index (χ2n) is 6.36. The van der Waals surface area contributed by atoms with E-state index in [0.717, 1.165) is 31.6 Å². The second kappa shape index (κ2) is 6.85. The third kappa shape index (κ3) is 5.05. The number of anilines is 1. The predicted molar refractivity (Wildman–Crippen MR) is 93.6 cm³/mol. The molecule has 1 fully saturated rings. The first-order chi connectivity index (χ1) is 9.85. The minimum atomic E-state index is -0.437. The lowest BCUT2D eigenvalue weighted by atomic mass is 10.2. The number of halogens is 1. The molecule has 21 heavy (non-hydrogen) atoms. The predicted octanol–water partition coefficient (Wildman–Crippen LogP) is 4.10. The number of likely N-dealkylation sites (tertiary alicyclic amines) is 1. The van der Waals surface area contributed by atoms with Crippen LogP contribution in [0.25, 0.3) is 0 Å². The summed E-state index contributed by atoms with van der Waals surface area (Å²) in [4.78, 5) is 14.1. The molecule has 4 nitrogen and oxygen atoms in total. The maximum atomic E-state index is 12.2. The summed E-state index contributed by atoms with van der Waals surface area (Å²) in [6.45, 7) is 7.26. The van der Waals surface area contributed by atoms with Gasteiger partial charge in [-0.3, -0.25) is 0 Å². The van der Waals surface area contributed by atoms with E-state index in [-0.39, 0.29) is 12.1 Å². The Morgan fingerprint density at radius 3 is 2.67 bits per heavy atom. The van der Waals surface area contributed by atoms with E-state index in [4.69, 9.17) is 4.74 Å². The second-order valence-corrected chi connectivity index (χ2v) is 7.60. The third-order valence-corrected chi connectivity index (χ3v) is 4.11. The number of nitrogens with zero attached hydrogens (tertiary/aromatic N) is 1. The lowest BCUT2D eigenvalue weighted by Crippen LogP contribution is -2.42. The molecule has 0 saturated carbocycles. The van der Waals surface area contributed by atoms with Crippen molar-refractivity contribution in [3.05, 3.63) is 27.8 Å². The molecule has 1 atom stereocenters. The van der Waals surface area contributed by atoms with Gasteiger partial charge in [-0.25, -0.2) is 4.79 Å². The minimum absolute atomic E-state index is 0.200. The average molecular weight is 402 g/mol. The molecule has 0 aliphatic carbocycles. The summed E-state index contributed by atoms with van der Waals surface area (Å²) in [5.74, 6) is 0. The van der Waals surface area contributed by atoms with E-state index in [9.17, 15) is 4.79 Å². The van der Waals surface area contributed by atoms with E-state index in [1.165, 1.54) is 3.57 Å². The summed E-state index contributed by atoms with van der Waals surface area (Å²) in [6.07, 6.45) is 1.86. The van der Waals surface area contributed by atoms with E-state index in [2.05, 4.69) is 52.2 Å². The van der Waals surface area contributed by atoms with E-state index >= 15 is 0 Å². The van der Waals surface area contributed by atoms with E-state index < -0.39 is 5.60 Å². The van der Waals surface area contributed by atoms with Gasteiger partial charge in [0.05, 0.1) is 6.04 Å². The molecule has 5 heteroatoms. The first kappa shape index (κ1) is 16.4. The van der Waals surface area contributed by atoms with E-state index in [1.54, 1.807) is 0 Å². The molecule has 0 aromatic heterocycles. The summed E-state index contributed by atoms with van der Waals surface area (Å²) in [5, 5.41) is 3.41. The number of nitrogens with one attached hydrogen (secondary N) is 1. The fourth-order valence-electron chi connectivity index (χ4n) is 2.41. The summed E-state index contributed by atoms with van der Waals surface area (Å²) < 4.78 is 6.69. The van der Waals surface area contributed by atoms with Crippen molar-refractivity contribution < 1.29 is 9.53 Å². The van der Waals surface area contributed by atoms with Crippen molar-refractivity contribution in [3.8, 4) is 0 Å². The van der Waals surface area contributed by atoms with Crippen LogP contribution in [0.3, 0.4) is 0 Å². The molecular formula is C16H23IN2O2. The lowest BCUT2D eigenvalue weighted by molar-refractivity contribution is 0.0235. The molecule has 1 N–H and O–H groups in total. The van der Waals surface area contributed by atoms with Crippen molar-refractivity contribution in [2.24, 2.45) is 0 Å². The van der Waals surface area contributed by atoms with E-state index in [0.29, 0.717) is 0 Å². The Morgan fingerprint density at radius 1 is 1.38 bits per heavy atom. The third-order valence-electron chi connectivity index (χ3n) is 3.39. The Kier molecular flexibility index (Phi) is 5.35. The standard InChI is InChI=1S/C16H23IN2O2/c1-16(2,3)21-15(20)19-10-4-5-14(19)11-18-13-8-6-12(17)7-9-13/h6-9,14,18H,4-5,10-11H2,1-3H3. The van der Waals surface area contributed by atoms with Crippen LogP contribution in [0.2, 0.25) is 0 Å². The fraction of sp³-hybridized carbons (Fsp3) is 0.562. The van der Waals surface area contributed by atoms with Gasteiger partial charge in [0.15, 0.2) is 0 Å². The largest absolute Gasteiger partial charge is 0.444 e. The molecule has 1 amide bonds. The molecule has 1 aliphatic rings. The molecule has 0 radical (unpaired) electrons. The number of carbonyl (C=O) groups excluding carboxylic acids is 1. The van der Waals surface area contributed by atoms with Crippen LogP contribution < -0.4 is 5.32 Å². The zero-order valence-electron chi connectivity index (χ0n) is 12.9. The highest BCUT2D eigenvalue weighted by atomic mass is 127. The zero-order valence-corrected chi connectivity index (χ0v) is 15.0. The Bertz CT molecular complexity index is 482. The highest BCUT2D eigenvalue weighted by Gasteiger charge is 2.31. The Labute approximate surface area is 140 Å². The van der Waals surface area contributed by atoms with Gasteiger partial charge in [-0.1, -0.05) is 0 Å². The van der Waals surface area contributed by atoms with Crippen LogP contribution in [0.15, 0.2) is 24.3 Å². The molecule has 0 bridgehead atoms. The van der Waals surface area contributed by atoms with Crippen LogP contribution in [0.4, 0.5) is 10.5 Å². The Morgan fingerprint density at radius 2 is 2.05 bits per heavy atom. The van der Waals surface area contributed by atoms with Crippen molar-refractivity contribution >= 4 is 34.4 Å². The van der Waals surface area contributed by atoms with E-state index in [1.807, 2.05) is 25.7 Å². The highest BCUT2D eigenvalue weighted by molar-refractivity contribution is 14.1. The van der Waals surface area contributed by atoms with Crippen LogP contribution in [0, 0.1) is 3.57 Å². The van der Waals surface area contributed by atoms with Crippen molar-refractivity contribution in [3.63, 3.8) is 0 Å². The van der Waals surface area contributed by atoms with Crippen molar-refractivity contribution in [1.82, 2.24) is 4.90 Å².